The van der Waals surface area contributed by atoms with E-state index in [1.165, 1.54) is 16.8 Å². The molecule has 1 saturated carbocycles. The zero-order chi connectivity index (χ0) is 25.3. The molecular weight excluding hydrogens is 451 g/mol. The Balaban J connectivity index is 1.88. The predicted molar refractivity (Wildman–Crippen MR) is 120 cm³/mol. The summed E-state index contributed by atoms with van der Waals surface area (Å²) >= 11 is 0. The number of nitrogens with zero attached hydrogens (tertiary/aromatic N) is 2. The quantitative estimate of drug-likeness (QED) is 0.563. The van der Waals surface area contributed by atoms with Crippen LogP contribution in [0.1, 0.15) is 56.9 Å². The highest BCUT2D eigenvalue weighted by molar-refractivity contribution is 6.06. The zero-order valence-corrected chi connectivity index (χ0v) is 19.5. The van der Waals surface area contributed by atoms with Crippen LogP contribution in [-0.2, 0) is 16.1 Å². The highest BCUT2D eigenvalue weighted by Crippen LogP contribution is 2.37. The van der Waals surface area contributed by atoms with E-state index in [4.69, 9.17) is 5.73 Å². The van der Waals surface area contributed by atoms with E-state index in [2.05, 4.69) is 15.7 Å². The predicted octanol–water partition coefficient (Wildman–Crippen LogP) is 2.75. The molecule has 1 aromatic heterocycles. The Morgan fingerprint density at radius 3 is 2.47 bits per heavy atom. The van der Waals surface area contributed by atoms with Crippen molar-refractivity contribution in [3.8, 4) is 0 Å². The minimum atomic E-state index is -2.68. The van der Waals surface area contributed by atoms with Crippen molar-refractivity contribution in [3.63, 3.8) is 0 Å². The van der Waals surface area contributed by atoms with Gasteiger partial charge in [-0.05, 0) is 30.2 Å². The summed E-state index contributed by atoms with van der Waals surface area (Å²) in [4.78, 5) is 36.8. The SMILES string of the molecule is CC(C)(C)[C@H](NC(=O)c1nn(CC2CCC(F)(F)CC2)c2c(F)cccc12)C(=O)NCC(N)=O. The number of para-hydroxylation sites is 1. The average molecular weight is 482 g/mol. The van der Waals surface area contributed by atoms with Crippen LogP contribution in [0.15, 0.2) is 18.2 Å². The number of nitrogens with one attached hydrogen (secondary N) is 2. The van der Waals surface area contributed by atoms with E-state index < -0.39 is 40.9 Å². The molecule has 0 saturated heterocycles. The summed E-state index contributed by atoms with van der Waals surface area (Å²) in [5.74, 6) is -5.42. The average Bonchev–Trinajstić information content (AvgIpc) is 3.10. The van der Waals surface area contributed by atoms with E-state index in [1.807, 2.05) is 0 Å². The second kappa shape index (κ2) is 9.63. The third-order valence-electron chi connectivity index (χ3n) is 6.04. The summed E-state index contributed by atoms with van der Waals surface area (Å²) in [7, 11) is 0. The van der Waals surface area contributed by atoms with Gasteiger partial charge < -0.3 is 16.4 Å². The van der Waals surface area contributed by atoms with Crippen molar-refractivity contribution in [2.45, 2.75) is 65.0 Å². The van der Waals surface area contributed by atoms with Crippen molar-refractivity contribution in [1.29, 1.82) is 0 Å². The molecule has 34 heavy (non-hydrogen) atoms. The fourth-order valence-electron chi connectivity index (χ4n) is 4.17. The van der Waals surface area contributed by atoms with Gasteiger partial charge in [-0.15, -0.1) is 0 Å². The van der Waals surface area contributed by atoms with E-state index >= 15 is 0 Å². The summed E-state index contributed by atoms with van der Waals surface area (Å²) in [5.41, 5.74) is 4.38. The van der Waals surface area contributed by atoms with Crippen LogP contribution in [-0.4, -0.2) is 46.0 Å². The Morgan fingerprint density at radius 1 is 1.24 bits per heavy atom. The highest BCUT2D eigenvalue weighted by Gasteiger charge is 2.36. The first-order valence-corrected chi connectivity index (χ1v) is 11.2. The van der Waals surface area contributed by atoms with Crippen LogP contribution in [0.5, 0.6) is 0 Å². The number of aromatic nitrogens is 2. The summed E-state index contributed by atoms with van der Waals surface area (Å²) in [6, 6.07) is 3.20. The molecule has 3 amide bonds. The number of hydrogen-bond acceptors (Lipinski definition) is 4. The van der Waals surface area contributed by atoms with Crippen LogP contribution in [0, 0.1) is 17.2 Å². The number of carbonyl (C=O) groups is 3. The fourth-order valence-corrected chi connectivity index (χ4v) is 4.17. The number of alkyl halides is 2. The van der Waals surface area contributed by atoms with Gasteiger partial charge in [-0.1, -0.05) is 32.9 Å². The van der Waals surface area contributed by atoms with Crippen molar-refractivity contribution in [2.75, 3.05) is 6.54 Å². The minimum absolute atomic E-state index is 0.0763. The van der Waals surface area contributed by atoms with Gasteiger partial charge in [0.25, 0.3) is 5.91 Å². The van der Waals surface area contributed by atoms with Crippen molar-refractivity contribution in [2.24, 2.45) is 17.1 Å². The molecule has 3 rings (SSSR count). The Kier molecular flexibility index (Phi) is 7.23. The van der Waals surface area contributed by atoms with E-state index in [-0.39, 0.29) is 61.3 Å². The lowest BCUT2D eigenvalue weighted by molar-refractivity contribution is -0.128. The molecule has 4 N–H and O–H groups in total. The number of benzene rings is 1. The van der Waals surface area contributed by atoms with E-state index in [1.54, 1.807) is 26.8 Å². The summed E-state index contributed by atoms with van der Waals surface area (Å²) in [6.45, 7) is 5.01. The lowest BCUT2D eigenvalue weighted by atomic mass is 9.86. The first-order chi connectivity index (χ1) is 15.8. The second-order valence-corrected chi connectivity index (χ2v) is 9.92. The molecule has 186 valence electrons. The molecule has 2 aromatic rings. The second-order valence-electron chi connectivity index (χ2n) is 9.92. The zero-order valence-electron chi connectivity index (χ0n) is 19.5. The molecule has 1 heterocycles. The standard InChI is InChI=1S/C23H30F3N5O3/c1-22(2,3)19(21(34)28-11-16(27)32)29-20(33)17-14-5-4-6-15(24)18(14)31(30-17)12-13-7-9-23(25,26)10-8-13/h4-6,13,19H,7-12H2,1-3H3,(H2,27,32)(H,28,34)(H,29,33)/t19-/m1/s1. The molecule has 1 atom stereocenters. The number of hydrogen-bond donors (Lipinski definition) is 3. The molecule has 0 spiro atoms. The number of halogens is 3. The van der Waals surface area contributed by atoms with Gasteiger partial charge in [0.05, 0.1) is 6.54 Å². The summed E-state index contributed by atoms with van der Waals surface area (Å²) < 4.78 is 43.2. The molecular formula is C23H30F3N5O3. The van der Waals surface area contributed by atoms with Gasteiger partial charge in [0.2, 0.25) is 17.7 Å². The normalized spacial score (nSPS) is 17.4. The lowest BCUT2D eigenvalue weighted by Gasteiger charge is -2.30. The number of fused-ring (bicyclic) bond motifs is 1. The van der Waals surface area contributed by atoms with Gasteiger partial charge in [0, 0.05) is 24.8 Å². The maximum absolute atomic E-state index is 14.7. The summed E-state index contributed by atoms with van der Waals surface area (Å²) in [5, 5.41) is 9.59. The first-order valence-electron chi connectivity index (χ1n) is 11.2. The molecule has 0 radical (unpaired) electrons. The molecule has 8 nitrogen and oxygen atoms in total. The fraction of sp³-hybridized carbons (Fsp3) is 0.565. The number of amides is 3. The van der Waals surface area contributed by atoms with Gasteiger partial charge in [0.15, 0.2) is 5.69 Å². The van der Waals surface area contributed by atoms with E-state index in [0.717, 1.165) is 0 Å². The molecule has 0 unspecified atom stereocenters. The smallest absolute Gasteiger partial charge is 0.273 e. The molecule has 11 heteroatoms. The largest absolute Gasteiger partial charge is 0.368 e. The van der Waals surface area contributed by atoms with Crippen LogP contribution in [0.3, 0.4) is 0 Å². The molecule has 1 aliphatic rings. The molecule has 1 aliphatic carbocycles. The molecule has 1 aromatic carbocycles. The van der Waals surface area contributed by atoms with Gasteiger partial charge in [-0.2, -0.15) is 5.10 Å². The number of carbonyl (C=O) groups excluding carboxylic acids is 3. The van der Waals surface area contributed by atoms with Crippen LogP contribution >= 0.6 is 0 Å². The number of primary amides is 1. The summed E-state index contributed by atoms with van der Waals surface area (Å²) in [6.07, 6.45) is 0.0771. The Labute approximate surface area is 195 Å². The topological polar surface area (TPSA) is 119 Å². The Morgan fingerprint density at radius 2 is 1.88 bits per heavy atom. The Bertz CT molecular complexity index is 1080. The van der Waals surface area contributed by atoms with Crippen LogP contribution in [0.25, 0.3) is 10.9 Å². The minimum Gasteiger partial charge on any atom is -0.368 e. The van der Waals surface area contributed by atoms with Gasteiger partial charge in [-0.3, -0.25) is 19.1 Å². The van der Waals surface area contributed by atoms with Crippen LogP contribution in [0.4, 0.5) is 13.2 Å². The third-order valence-corrected chi connectivity index (χ3v) is 6.04. The van der Waals surface area contributed by atoms with Crippen LogP contribution < -0.4 is 16.4 Å². The number of rotatable bonds is 7. The first kappa shape index (κ1) is 25.5. The van der Waals surface area contributed by atoms with Crippen molar-refractivity contribution >= 4 is 28.6 Å². The lowest BCUT2D eigenvalue weighted by Crippen LogP contribution is -2.54. The molecule has 0 bridgehead atoms. The highest BCUT2D eigenvalue weighted by atomic mass is 19.3. The van der Waals surface area contributed by atoms with Gasteiger partial charge >= 0.3 is 0 Å². The van der Waals surface area contributed by atoms with E-state index in [9.17, 15) is 27.6 Å². The monoisotopic (exact) mass is 481 g/mol. The van der Waals surface area contributed by atoms with Gasteiger partial charge in [-0.25, -0.2) is 13.2 Å². The van der Waals surface area contributed by atoms with Crippen molar-refractivity contribution in [1.82, 2.24) is 20.4 Å². The maximum Gasteiger partial charge on any atom is 0.273 e. The molecule has 0 aliphatic heterocycles. The molecule has 1 fully saturated rings. The number of nitrogens with two attached hydrogens (primary N) is 1. The van der Waals surface area contributed by atoms with E-state index in [0.29, 0.717) is 0 Å². The van der Waals surface area contributed by atoms with Crippen molar-refractivity contribution in [3.05, 3.63) is 29.7 Å². The van der Waals surface area contributed by atoms with Crippen molar-refractivity contribution < 1.29 is 27.6 Å². The van der Waals surface area contributed by atoms with Gasteiger partial charge in [0.1, 0.15) is 17.4 Å². The maximum atomic E-state index is 14.7. The van der Waals surface area contributed by atoms with Crippen LogP contribution in [0.2, 0.25) is 0 Å². The Hall–Kier alpha value is -3.11. The third kappa shape index (κ3) is 5.87.